The number of rotatable bonds is 8. The van der Waals surface area contributed by atoms with Crippen LogP contribution in [0.4, 0.5) is 11.4 Å². The van der Waals surface area contributed by atoms with Crippen molar-refractivity contribution in [2.45, 2.75) is 20.0 Å². The van der Waals surface area contributed by atoms with Crippen molar-refractivity contribution in [1.82, 2.24) is 0 Å². The second kappa shape index (κ2) is 10.5. The Morgan fingerprint density at radius 2 is 1.88 bits per heavy atom. The third-order valence-electron chi connectivity index (χ3n) is 5.17. The van der Waals surface area contributed by atoms with Gasteiger partial charge in [-0.15, -0.1) is 0 Å². The lowest BCUT2D eigenvalue weighted by atomic mass is 10.2. The number of amides is 2. The highest BCUT2D eigenvalue weighted by Crippen LogP contribution is 2.34. The molecule has 0 aromatic heterocycles. The number of ether oxygens (including phenoxy) is 2. The van der Waals surface area contributed by atoms with Crippen LogP contribution in [0.5, 0.6) is 11.5 Å². The fourth-order valence-electron chi connectivity index (χ4n) is 3.52. The van der Waals surface area contributed by atoms with Gasteiger partial charge in [0.25, 0.3) is 5.91 Å². The van der Waals surface area contributed by atoms with Crippen molar-refractivity contribution in [3.8, 4) is 11.5 Å². The summed E-state index contributed by atoms with van der Waals surface area (Å²) >= 11 is 0. The van der Waals surface area contributed by atoms with Gasteiger partial charge in [-0.2, -0.15) is 0 Å². The topological polar surface area (TPSA) is 67.9 Å². The van der Waals surface area contributed by atoms with Crippen LogP contribution in [0, 0.1) is 0 Å². The van der Waals surface area contributed by atoms with Crippen molar-refractivity contribution in [3.05, 3.63) is 90.0 Å². The summed E-state index contributed by atoms with van der Waals surface area (Å²) in [5.74, 6) is 1.07. The molecule has 0 bridgehead atoms. The summed E-state index contributed by atoms with van der Waals surface area (Å²) < 4.78 is 11.3. The van der Waals surface area contributed by atoms with Gasteiger partial charge in [-0.25, -0.2) is 0 Å². The second-order valence-corrected chi connectivity index (χ2v) is 7.68. The largest absolute Gasteiger partial charge is 0.489 e. The monoisotopic (exact) mass is 442 g/mol. The van der Waals surface area contributed by atoms with Crippen LogP contribution in [-0.4, -0.2) is 25.0 Å². The molecule has 33 heavy (non-hydrogen) atoms. The Morgan fingerprint density at radius 1 is 1.09 bits per heavy atom. The number of benzene rings is 3. The smallest absolute Gasteiger partial charge is 0.265 e. The van der Waals surface area contributed by atoms with Crippen molar-refractivity contribution in [3.63, 3.8) is 0 Å². The predicted molar refractivity (Wildman–Crippen MR) is 129 cm³/mol. The van der Waals surface area contributed by atoms with Gasteiger partial charge in [0, 0.05) is 18.3 Å². The SMILES string of the molecule is CCCN1C(=O)COc2ccc(NC(=O)/C=C/c3ccc(OCc4ccccc4)cc3)cc21. The van der Waals surface area contributed by atoms with Gasteiger partial charge in [-0.3, -0.25) is 9.59 Å². The van der Waals surface area contributed by atoms with Crippen molar-refractivity contribution in [1.29, 1.82) is 0 Å². The lowest BCUT2D eigenvalue weighted by Gasteiger charge is -2.29. The highest BCUT2D eigenvalue weighted by Gasteiger charge is 2.25. The average Bonchev–Trinajstić information content (AvgIpc) is 2.84. The van der Waals surface area contributed by atoms with Crippen LogP contribution in [0.1, 0.15) is 24.5 Å². The standard InChI is InChI=1S/C27H26N2O4/c1-2-16-29-24-17-22(11-14-25(24)33-19-27(29)31)28-26(30)15-10-20-8-12-23(13-9-20)32-18-21-6-4-3-5-7-21/h3-15,17H,2,16,18-19H2,1H3,(H,28,30)/b15-10+. The molecule has 1 N–H and O–H groups in total. The third kappa shape index (κ3) is 5.80. The Hall–Kier alpha value is -4.06. The molecule has 0 fully saturated rings. The van der Waals surface area contributed by atoms with Crippen LogP contribution in [0.25, 0.3) is 6.08 Å². The first-order valence-corrected chi connectivity index (χ1v) is 11.0. The quantitative estimate of drug-likeness (QED) is 0.496. The Morgan fingerprint density at radius 3 is 2.64 bits per heavy atom. The fourth-order valence-corrected chi connectivity index (χ4v) is 3.52. The Labute approximate surface area is 193 Å². The predicted octanol–water partition coefficient (Wildman–Crippen LogP) is 5.05. The molecule has 6 nitrogen and oxygen atoms in total. The van der Waals surface area contributed by atoms with E-state index in [0.29, 0.717) is 30.3 Å². The number of hydrogen-bond donors (Lipinski definition) is 1. The number of nitrogens with zero attached hydrogens (tertiary/aromatic N) is 1. The maximum Gasteiger partial charge on any atom is 0.265 e. The van der Waals surface area contributed by atoms with Crippen LogP contribution in [0.2, 0.25) is 0 Å². The van der Waals surface area contributed by atoms with Crippen molar-refractivity contribution < 1.29 is 19.1 Å². The first kappa shape index (κ1) is 22.1. The Balaban J connectivity index is 1.35. The van der Waals surface area contributed by atoms with Gasteiger partial charge in [0.05, 0.1) is 5.69 Å². The minimum Gasteiger partial charge on any atom is -0.489 e. The Bertz CT molecular complexity index is 1140. The number of carbonyl (C=O) groups is 2. The zero-order valence-electron chi connectivity index (χ0n) is 18.5. The summed E-state index contributed by atoms with van der Waals surface area (Å²) in [7, 11) is 0. The van der Waals surface area contributed by atoms with Gasteiger partial charge < -0.3 is 19.7 Å². The summed E-state index contributed by atoms with van der Waals surface area (Å²) in [6.45, 7) is 3.17. The van der Waals surface area contributed by atoms with E-state index in [1.165, 1.54) is 6.08 Å². The van der Waals surface area contributed by atoms with Crippen LogP contribution in [0.3, 0.4) is 0 Å². The molecule has 6 heteroatoms. The van der Waals surface area contributed by atoms with E-state index < -0.39 is 0 Å². The van der Waals surface area contributed by atoms with E-state index >= 15 is 0 Å². The molecular formula is C27H26N2O4. The average molecular weight is 443 g/mol. The highest BCUT2D eigenvalue weighted by atomic mass is 16.5. The lowest BCUT2D eigenvalue weighted by molar-refractivity contribution is -0.121. The first-order valence-electron chi connectivity index (χ1n) is 11.0. The van der Waals surface area contributed by atoms with Crippen LogP contribution >= 0.6 is 0 Å². The van der Waals surface area contributed by atoms with Gasteiger partial charge in [-0.05, 0) is 54.0 Å². The minimum atomic E-state index is -0.260. The minimum absolute atomic E-state index is 0.0392. The van der Waals surface area contributed by atoms with E-state index in [4.69, 9.17) is 9.47 Å². The molecule has 3 aromatic rings. The van der Waals surface area contributed by atoms with E-state index in [9.17, 15) is 9.59 Å². The van der Waals surface area contributed by atoms with Crippen LogP contribution < -0.4 is 19.7 Å². The third-order valence-corrected chi connectivity index (χ3v) is 5.17. The first-order chi connectivity index (χ1) is 16.1. The normalized spacial score (nSPS) is 12.9. The van der Waals surface area contributed by atoms with Gasteiger partial charge in [0.1, 0.15) is 18.1 Å². The summed E-state index contributed by atoms with van der Waals surface area (Å²) in [5, 5.41) is 2.85. The molecule has 0 unspecified atom stereocenters. The summed E-state index contributed by atoms with van der Waals surface area (Å²) in [6, 6.07) is 22.8. The van der Waals surface area contributed by atoms with Gasteiger partial charge >= 0.3 is 0 Å². The number of fused-ring (bicyclic) bond motifs is 1. The molecular weight excluding hydrogens is 416 g/mol. The van der Waals surface area contributed by atoms with Crippen LogP contribution in [0.15, 0.2) is 78.9 Å². The van der Waals surface area contributed by atoms with E-state index in [1.807, 2.05) is 61.5 Å². The number of hydrogen-bond acceptors (Lipinski definition) is 4. The van der Waals surface area contributed by atoms with Gasteiger partial charge in [-0.1, -0.05) is 49.4 Å². The second-order valence-electron chi connectivity index (χ2n) is 7.68. The summed E-state index contributed by atoms with van der Waals surface area (Å²) in [5.41, 5.74) is 3.28. The lowest BCUT2D eigenvalue weighted by Crippen LogP contribution is -2.39. The van der Waals surface area contributed by atoms with E-state index in [1.54, 1.807) is 29.2 Å². The highest BCUT2D eigenvalue weighted by molar-refractivity contribution is 6.03. The number of nitrogens with one attached hydrogen (secondary N) is 1. The van der Waals surface area contributed by atoms with Crippen molar-refractivity contribution >= 4 is 29.3 Å². The van der Waals surface area contributed by atoms with Gasteiger partial charge in [0.2, 0.25) is 5.91 Å². The molecule has 3 aromatic carbocycles. The number of anilines is 2. The summed E-state index contributed by atoms with van der Waals surface area (Å²) in [6.07, 6.45) is 4.05. The molecule has 0 spiro atoms. The van der Waals surface area contributed by atoms with Crippen LogP contribution in [-0.2, 0) is 16.2 Å². The van der Waals surface area contributed by atoms with Crippen molar-refractivity contribution in [2.75, 3.05) is 23.4 Å². The Kier molecular flexibility index (Phi) is 7.05. The van der Waals surface area contributed by atoms with E-state index in [-0.39, 0.29) is 18.4 Å². The molecule has 2 amide bonds. The molecule has 168 valence electrons. The molecule has 0 saturated heterocycles. The zero-order valence-corrected chi connectivity index (χ0v) is 18.5. The zero-order chi connectivity index (χ0) is 23.0. The van der Waals surface area contributed by atoms with E-state index in [2.05, 4.69) is 5.32 Å². The maximum absolute atomic E-state index is 12.4. The maximum atomic E-state index is 12.4. The molecule has 0 radical (unpaired) electrons. The molecule has 1 aliphatic heterocycles. The van der Waals surface area contributed by atoms with E-state index in [0.717, 1.165) is 23.3 Å². The summed E-state index contributed by atoms with van der Waals surface area (Å²) in [4.78, 5) is 26.3. The number of carbonyl (C=O) groups excluding carboxylic acids is 2. The molecule has 1 aliphatic rings. The molecule has 0 saturated carbocycles. The fraction of sp³-hybridized carbons (Fsp3) is 0.185. The molecule has 4 rings (SSSR count). The molecule has 0 aliphatic carbocycles. The van der Waals surface area contributed by atoms with Gasteiger partial charge in [0.15, 0.2) is 6.61 Å². The van der Waals surface area contributed by atoms with Crippen molar-refractivity contribution in [2.24, 2.45) is 0 Å². The molecule has 0 atom stereocenters. The molecule has 1 heterocycles.